The van der Waals surface area contributed by atoms with E-state index in [1.165, 1.54) is 4.31 Å². The molecule has 2 aromatic carbocycles. The summed E-state index contributed by atoms with van der Waals surface area (Å²) in [5.74, 6) is 1.22. The van der Waals surface area contributed by atoms with Crippen LogP contribution in [0.1, 0.15) is 13.8 Å². The Labute approximate surface area is 167 Å². The third-order valence-corrected chi connectivity index (χ3v) is 7.71. The van der Waals surface area contributed by atoms with E-state index in [1.54, 1.807) is 20.2 Å². The van der Waals surface area contributed by atoms with Crippen molar-refractivity contribution in [1.82, 2.24) is 9.29 Å². The van der Waals surface area contributed by atoms with Crippen molar-refractivity contribution in [3.05, 3.63) is 48.5 Å². The highest BCUT2D eigenvalue weighted by Gasteiger charge is 2.29. The van der Waals surface area contributed by atoms with Crippen LogP contribution >= 0.6 is 0 Å². The molecule has 1 N–H and O–H groups in total. The lowest BCUT2D eigenvalue weighted by Crippen LogP contribution is -2.23. The number of para-hydroxylation sites is 1. The van der Waals surface area contributed by atoms with Gasteiger partial charge in [0.1, 0.15) is 0 Å². The average Bonchev–Trinajstić information content (AvgIpc) is 3.24. The zero-order chi connectivity index (χ0) is 20.1. The van der Waals surface area contributed by atoms with Crippen molar-refractivity contribution < 1.29 is 8.42 Å². The number of H-pyrrole nitrogens is 1. The molecular formula is C22H27N3O2S. The topological polar surface area (TPSA) is 56.4 Å². The summed E-state index contributed by atoms with van der Waals surface area (Å²) in [4.78, 5) is 6.16. The van der Waals surface area contributed by atoms with Gasteiger partial charge in [0, 0.05) is 55.0 Å². The van der Waals surface area contributed by atoms with Crippen molar-refractivity contribution in [1.29, 1.82) is 0 Å². The third-order valence-electron chi connectivity index (χ3n) is 5.90. The van der Waals surface area contributed by atoms with Gasteiger partial charge in [0.05, 0.1) is 4.90 Å². The van der Waals surface area contributed by atoms with Crippen LogP contribution in [0.4, 0.5) is 5.69 Å². The summed E-state index contributed by atoms with van der Waals surface area (Å²) in [5, 5.41) is 1.12. The maximum Gasteiger partial charge on any atom is 0.242 e. The van der Waals surface area contributed by atoms with Crippen LogP contribution in [0.5, 0.6) is 0 Å². The Kier molecular flexibility index (Phi) is 4.71. The monoisotopic (exact) mass is 397 g/mol. The van der Waals surface area contributed by atoms with E-state index >= 15 is 0 Å². The Morgan fingerprint density at radius 2 is 1.68 bits per heavy atom. The van der Waals surface area contributed by atoms with Crippen LogP contribution in [-0.4, -0.2) is 44.9 Å². The maximum absolute atomic E-state index is 12.7. The largest absolute Gasteiger partial charge is 0.370 e. The maximum atomic E-state index is 12.7. The molecular weight excluding hydrogens is 370 g/mol. The van der Waals surface area contributed by atoms with Gasteiger partial charge in [0.25, 0.3) is 0 Å². The predicted octanol–water partition coefficient (Wildman–Crippen LogP) is 4.18. The number of aromatic amines is 1. The van der Waals surface area contributed by atoms with Gasteiger partial charge in [-0.2, -0.15) is 0 Å². The van der Waals surface area contributed by atoms with Crippen molar-refractivity contribution in [2.75, 3.05) is 32.1 Å². The SMILES string of the molecule is CC1CN(c2ccc(S(=O)(=O)N(C)C)cc2-c2cc3ccccc3[nH]2)C[C@H]1C. The van der Waals surface area contributed by atoms with Crippen molar-refractivity contribution >= 4 is 26.6 Å². The van der Waals surface area contributed by atoms with Crippen molar-refractivity contribution in [2.24, 2.45) is 11.8 Å². The van der Waals surface area contributed by atoms with Crippen molar-refractivity contribution in [3.8, 4) is 11.3 Å². The van der Waals surface area contributed by atoms with Gasteiger partial charge in [-0.05, 0) is 42.2 Å². The normalized spacial score (nSPS) is 20.4. The average molecular weight is 398 g/mol. The highest BCUT2D eigenvalue weighted by atomic mass is 32.2. The summed E-state index contributed by atoms with van der Waals surface area (Å²) in [6.07, 6.45) is 0. The van der Waals surface area contributed by atoms with E-state index in [0.29, 0.717) is 16.7 Å². The molecule has 0 saturated carbocycles. The number of benzene rings is 2. The summed E-state index contributed by atoms with van der Waals surface area (Å²) in [6, 6.07) is 15.7. The number of nitrogens with one attached hydrogen (secondary N) is 1. The Morgan fingerprint density at radius 3 is 2.32 bits per heavy atom. The Hall–Kier alpha value is -2.31. The van der Waals surface area contributed by atoms with E-state index in [-0.39, 0.29) is 0 Å². The fourth-order valence-corrected chi connectivity index (χ4v) is 4.85. The van der Waals surface area contributed by atoms with E-state index in [1.807, 2.05) is 30.3 Å². The summed E-state index contributed by atoms with van der Waals surface area (Å²) in [6.45, 7) is 6.51. The van der Waals surface area contributed by atoms with Crippen LogP contribution in [0.3, 0.4) is 0 Å². The number of nitrogens with zero attached hydrogens (tertiary/aromatic N) is 2. The summed E-state index contributed by atoms with van der Waals surface area (Å²) < 4.78 is 26.7. The standard InChI is InChI=1S/C22H27N3O2S/c1-15-13-25(14-16(15)2)22-10-9-18(28(26,27)24(3)4)12-19(22)21-11-17-7-5-6-8-20(17)23-21/h5-12,15-16,23H,13-14H2,1-4H3/t15-,16?/m1/s1. The first-order valence-corrected chi connectivity index (χ1v) is 11.1. The summed E-state index contributed by atoms with van der Waals surface area (Å²) >= 11 is 0. The quantitative estimate of drug-likeness (QED) is 0.719. The molecule has 4 rings (SSSR count). The molecule has 1 unspecified atom stereocenters. The molecule has 0 aliphatic carbocycles. The van der Waals surface area contributed by atoms with Crippen LogP contribution in [0.15, 0.2) is 53.4 Å². The minimum absolute atomic E-state index is 0.315. The molecule has 2 heterocycles. The lowest BCUT2D eigenvalue weighted by atomic mass is 10.0. The van der Waals surface area contributed by atoms with Gasteiger partial charge in [-0.3, -0.25) is 0 Å². The zero-order valence-corrected chi connectivity index (χ0v) is 17.6. The molecule has 1 aliphatic heterocycles. The number of fused-ring (bicyclic) bond motifs is 1. The molecule has 1 fully saturated rings. The zero-order valence-electron chi connectivity index (χ0n) is 16.8. The molecule has 0 bridgehead atoms. The second kappa shape index (κ2) is 6.94. The van der Waals surface area contributed by atoms with E-state index in [0.717, 1.165) is 40.9 Å². The first-order chi connectivity index (χ1) is 13.3. The Morgan fingerprint density at radius 1 is 1.00 bits per heavy atom. The number of sulfonamides is 1. The minimum Gasteiger partial charge on any atom is -0.370 e. The van der Waals surface area contributed by atoms with Crippen molar-refractivity contribution in [2.45, 2.75) is 18.7 Å². The Bertz CT molecular complexity index is 1070. The second-order valence-corrected chi connectivity index (χ2v) is 10.2. The molecule has 0 spiro atoms. The van der Waals surface area contributed by atoms with E-state index in [2.05, 4.69) is 35.9 Å². The van der Waals surface area contributed by atoms with E-state index < -0.39 is 10.0 Å². The highest BCUT2D eigenvalue weighted by molar-refractivity contribution is 7.89. The first kappa shape index (κ1) is 19.0. The molecule has 3 aromatic rings. The van der Waals surface area contributed by atoms with Gasteiger partial charge in [0.2, 0.25) is 10.0 Å². The van der Waals surface area contributed by atoms with Gasteiger partial charge >= 0.3 is 0 Å². The third kappa shape index (κ3) is 3.20. The number of aromatic nitrogens is 1. The van der Waals surface area contributed by atoms with Crippen LogP contribution < -0.4 is 4.90 Å². The molecule has 0 radical (unpaired) electrons. The minimum atomic E-state index is -3.50. The highest BCUT2D eigenvalue weighted by Crippen LogP contribution is 2.38. The lowest BCUT2D eigenvalue weighted by molar-refractivity contribution is 0.494. The Balaban J connectivity index is 1.89. The van der Waals surface area contributed by atoms with Crippen LogP contribution in [0.2, 0.25) is 0 Å². The molecule has 1 aliphatic rings. The van der Waals surface area contributed by atoms with Crippen molar-refractivity contribution in [3.63, 3.8) is 0 Å². The second-order valence-electron chi connectivity index (χ2n) is 8.10. The lowest BCUT2D eigenvalue weighted by Gasteiger charge is -2.23. The number of rotatable bonds is 4. The van der Waals surface area contributed by atoms with Crippen LogP contribution in [0, 0.1) is 11.8 Å². The van der Waals surface area contributed by atoms with Crippen LogP contribution in [0.25, 0.3) is 22.2 Å². The molecule has 2 atom stereocenters. The molecule has 1 saturated heterocycles. The van der Waals surface area contributed by atoms with Gasteiger partial charge in [-0.1, -0.05) is 32.0 Å². The van der Waals surface area contributed by atoms with E-state index in [9.17, 15) is 8.42 Å². The summed E-state index contributed by atoms with van der Waals surface area (Å²) in [5.41, 5.74) is 4.01. The molecule has 28 heavy (non-hydrogen) atoms. The summed E-state index contributed by atoms with van der Waals surface area (Å²) in [7, 11) is -0.368. The molecule has 0 amide bonds. The van der Waals surface area contributed by atoms with Gasteiger partial charge in [-0.25, -0.2) is 12.7 Å². The first-order valence-electron chi connectivity index (χ1n) is 9.67. The van der Waals surface area contributed by atoms with Gasteiger partial charge < -0.3 is 9.88 Å². The molecule has 1 aromatic heterocycles. The number of hydrogen-bond acceptors (Lipinski definition) is 3. The van der Waals surface area contributed by atoms with E-state index in [4.69, 9.17) is 0 Å². The number of anilines is 1. The fraction of sp³-hybridized carbons (Fsp3) is 0.364. The fourth-order valence-electron chi connectivity index (χ4n) is 3.92. The van der Waals surface area contributed by atoms with Gasteiger partial charge in [0.15, 0.2) is 0 Å². The molecule has 6 heteroatoms. The predicted molar refractivity (Wildman–Crippen MR) is 115 cm³/mol. The number of hydrogen-bond donors (Lipinski definition) is 1. The molecule has 148 valence electrons. The molecule has 5 nitrogen and oxygen atoms in total. The van der Waals surface area contributed by atoms with Crippen LogP contribution in [-0.2, 0) is 10.0 Å². The van der Waals surface area contributed by atoms with Gasteiger partial charge in [-0.15, -0.1) is 0 Å². The smallest absolute Gasteiger partial charge is 0.242 e.